The highest BCUT2D eigenvalue weighted by atomic mass is 35.5. The Morgan fingerprint density at radius 2 is 2.33 bits per heavy atom. The summed E-state index contributed by atoms with van der Waals surface area (Å²) < 4.78 is 5.06. The predicted molar refractivity (Wildman–Crippen MR) is 55.3 cm³/mol. The minimum absolute atomic E-state index is 0.394. The van der Waals surface area contributed by atoms with Crippen molar-refractivity contribution in [1.29, 1.82) is 0 Å². The molecule has 15 heavy (non-hydrogen) atoms. The predicted octanol–water partition coefficient (Wildman–Crippen LogP) is 1.29. The van der Waals surface area contributed by atoms with E-state index < -0.39 is 0 Å². The van der Waals surface area contributed by atoms with Crippen LogP contribution in [0.2, 0.25) is 5.02 Å². The van der Waals surface area contributed by atoms with E-state index in [1.807, 2.05) is 0 Å². The molecule has 2 aromatic rings. The third-order valence-corrected chi connectivity index (χ3v) is 2.14. The van der Waals surface area contributed by atoms with Crippen molar-refractivity contribution in [2.75, 3.05) is 6.54 Å². The summed E-state index contributed by atoms with van der Waals surface area (Å²) in [6, 6.07) is 1.72. The third kappa shape index (κ3) is 2.14. The van der Waals surface area contributed by atoms with Crippen LogP contribution in [0, 0.1) is 0 Å². The van der Waals surface area contributed by atoms with Crippen LogP contribution in [0.1, 0.15) is 5.82 Å². The van der Waals surface area contributed by atoms with Gasteiger partial charge in [0.25, 0.3) is 5.89 Å². The van der Waals surface area contributed by atoms with Crippen molar-refractivity contribution in [2.24, 2.45) is 5.73 Å². The molecule has 0 saturated heterocycles. The average molecular weight is 225 g/mol. The van der Waals surface area contributed by atoms with E-state index in [0.29, 0.717) is 35.3 Å². The lowest BCUT2D eigenvalue weighted by Gasteiger charge is -1.95. The Morgan fingerprint density at radius 1 is 1.47 bits per heavy atom. The van der Waals surface area contributed by atoms with E-state index in [-0.39, 0.29) is 0 Å². The molecule has 0 unspecified atom stereocenters. The molecule has 0 fully saturated rings. The summed E-state index contributed by atoms with van der Waals surface area (Å²) in [6.45, 7) is 0.489. The number of halogens is 1. The van der Waals surface area contributed by atoms with Crippen molar-refractivity contribution in [1.82, 2.24) is 15.1 Å². The van der Waals surface area contributed by atoms with Gasteiger partial charge in [-0.2, -0.15) is 4.98 Å². The molecular formula is C9H9ClN4O. The van der Waals surface area contributed by atoms with Gasteiger partial charge in [0.2, 0.25) is 0 Å². The molecular weight excluding hydrogens is 216 g/mol. The van der Waals surface area contributed by atoms with Gasteiger partial charge in [-0.3, -0.25) is 4.98 Å². The number of nitrogens with zero attached hydrogens (tertiary/aromatic N) is 3. The van der Waals surface area contributed by atoms with E-state index in [4.69, 9.17) is 21.9 Å². The van der Waals surface area contributed by atoms with Gasteiger partial charge in [-0.15, -0.1) is 0 Å². The van der Waals surface area contributed by atoms with Gasteiger partial charge in [0.15, 0.2) is 5.82 Å². The number of aromatic nitrogens is 3. The highest BCUT2D eigenvalue weighted by Gasteiger charge is 2.11. The molecule has 2 N–H and O–H groups in total. The first-order valence-corrected chi connectivity index (χ1v) is 4.81. The van der Waals surface area contributed by atoms with Crippen molar-refractivity contribution in [3.05, 3.63) is 29.3 Å². The standard InChI is InChI=1S/C9H9ClN4O/c10-7-5-12-4-2-6(7)9-13-8(1-3-11)14-15-9/h2,4-5H,1,3,11H2. The molecule has 0 saturated carbocycles. The molecule has 0 aliphatic carbocycles. The molecule has 0 atom stereocenters. The van der Waals surface area contributed by atoms with E-state index in [9.17, 15) is 0 Å². The Labute approximate surface area is 91.3 Å². The monoisotopic (exact) mass is 224 g/mol. The zero-order chi connectivity index (χ0) is 10.7. The molecule has 0 aliphatic rings. The number of hydrogen-bond donors (Lipinski definition) is 1. The van der Waals surface area contributed by atoms with Crippen molar-refractivity contribution < 1.29 is 4.52 Å². The molecule has 6 heteroatoms. The van der Waals surface area contributed by atoms with Gasteiger partial charge >= 0.3 is 0 Å². The Hall–Kier alpha value is -1.46. The lowest BCUT2D eigenvalue weighted by molar-refractivity contribution is 0.422. The van der Waals surface area contributed by atoms with Crippen LogP contribution in [-0.2, 0) is 6.42 Å². The van der Waals surface area contributed by atoms with Crippen molar-refractivity contribution >= 4 is 11.6 Å². The molecule has 0 amide bonds. The van der Waals surface area contributed by atoms with E-state index in [2.05, 4.69) is 15.1 Å². The van der Waals surface area contributed by atoms with Gasteiger partial charge < -0.3 is 10.3 Å². The smallest absolute Gasteiger partial charge is 0.259 e. The molecule has 0 bridgehead atoms. The first-order valence-electron chi connectivity index (χ1n) is 4.44. The fraction of sp³-hybridized carbons (Fsp3) is 0.222. The molecule has 5 nitrogen and oxygen atoms in total. The molecule has 78 valence electrons. The molecule has 0 aliphatic heterocycles. The van der Waals surface area contributed by atoms with E-state index in [1.165, 1.54) is 6.20 Å². The lowest BCUT2D eigenvalue weighted by Crippen LogP contribution is -2.03. The highest BCUT2D eigenvalue weighted by Crippen LogP contribution is 2.24. The summed E-state index contributed by atoms with van der Waals surface area (Å²) >= 11 is 5.93. The first kappa shape index (κ1) is 10.1. The van der Waals surface area contributed by atoms with Gasteiger partial charge in [-0.1, -0.05) is 16.8 Å². The van der Waals surface area contributed by atoms with Crippen LogP contribution >= 0.6 is 11.6 Å². The van der Waals surface area contributed by atoms with Crippen LogP contribution in [0.15, 0.2) is 23.0 Å². The van der Waals surface area contributed by atoms with Crippen LogP contribution in [0.4, 0.5) is 0 Å². The lowest BCUT2D eigenvalue weighted by atomic mass is 10.3. The second-order valence-electron chi connectivity index (χ2n) is 2.91. The maximum absolute atomic E-state index is 5.93. The summed E-state index contributed by atoms with van der Waals surface area (Å²) in [7, 11) is 0. The van der Waals surface area contributed by atoms with E-state index >= 15 is 0 Å². The maximum Gasteiger partial charge on any atom is 0.259 e. The van der Waals surface area contributed by atoms with Gasteiger partial charge in [0.05, 0.1) is 10.6 Å². The van der Waals surface area contributed by atoms with Crippen LogP contribution < -0.4 is 5.73 Å². The largest absolute Gasteiger partial charge is 0.334 e. The van der Waals surface area contributed by atoms with Crippen LogP contribution in [0.5, 0.6) is 0 Å². The Balaban J connectivity index is 2.33. The Kier molecular flexibility index (Phi) is 2.94. The fourth-order valence-electron chi connectivity index (χ4n) is 1.14. The molecule has 0 radical (unpaired) electrons. The number of rotatable bonds is 3. The summed E-state index contributed by atoms with van der Waals surface area (Å²) in [5.41, 5.74) is 6.06. The van der Waals surface area contributed by atoms with E-state index in [1.54, 1.807) is 12.3 Å². The van der Waals surface area contributed by atoms with Gasteiger partial charge in [-0.05, 0) is 12.6 Å². The quantitative estimate of drug-likeness (QED) is 0.850. The van der Waals surface area contributed by atoms with Crippen LogP contribution in [-0.4, -0.2) is 21.7 Å². The molecule has 2 rings (SSSR count). The normalized spacial score (nSPS) is 10.5. The van der Waals surface area contributed by atoms with Crippen LogP contribution in [0.25, 0.3) is 11.5 Å². The van der Waals surface area contributed by atoms with Crippen molar-refractivity contribution in [2.45, 2.75) is 6.42 Å². The van der Waals surface area contributed by atoms with Gasteiger partial charge in [0.1, 0.15) is 0 Å². The van der Waals surface area contributed by atoms with Crippen molar-refractivity contribution in [3.8, 4) is 11.5 Å². The Morgan fingerprint density at radius 3 is 3.07 bits per heavy atom. The van der Waals surface area contributed by atoms with Crippen molar-refractivity contribution in [3.63, 3.8) is 0 Å². The molecule has 0 spiro atoms. The fourth-order valence-corrected chi connectivity index (χ4v) is 1.34. The summed E-state index contributed by atoms with van der Waals surface area (Å²) in [6.07, 6.45) is 3.74. The third-order valence-electron chi connectivity index (χ3n) is 1.84. The molecule has 2 heterocycles. The number of nitrogens with two attached hydrogens (primary N) is 1. The SMILES string of the molecule is NCCc1noc(-c2ccncc2Cl)n1. The topological polar surface area (TPSA) is 77.8 Å². The Bertz CT molecular complexity index is 457. The van der Waals surface area contributed by atoms with Crippen LogP contribution in [0.3, 0.4) is 0 Å². The second kappa shape index (κ2) is 4.37. The molecule has 0 aromatic carbocycles. The summed E-state index contributed by atoms with van der Waals surface area (Å²) in [4.78, 5) is 8.03. The average Bonchev–Trinajstić information content (AvgIpc) is 2.68. The minimum Gasteiger partial charge on any atom is -0.334 e. The molecule has 2 aromatic heterocycles. The first-order chi connectivity index (χ1) is 7.31. The number of pyridine rings is 1. The van der Waals surface area contributed by atoms with E-state index in [0.717, 1.165) is 0 Å². The zero-order valence-electron chi connectivity index (χ0n) is 7.85. The van der Waals surface area contributed by atoms with Gasteiger partial charge in [0, 0.05) is 18.8 Å². The van der Waals surface area contributed by atoms with Gasteiger partial charge in [-0.25, -0.2) is 0 Å². The summed E-state index contributed by atoms with van der Waals surface area (Å²) in [5, 5.41) is 4.26. The zero-order valence-corrected chi connectivity index (χ0v) is 8.61. The minimum atomic E-state index is 0.394. The maximum atomic E-state index is 5.93. The summed E-state index contributed by atoms with van der Waals surface area (Å²) in [5.74, 6) is 0.978. The second-order valence-corrected chi connectivity index (χ2v) is 3.32. The highest BCUT2D eigenvalue weighted by molar-refractivity contribution is 6.32. The number of hydrogen-bond acceptors (Lipinski definition) is 5.